The van der Waals surface area contributed by atoms with Crippen molar-refractivity contribution in [3.63, 3.8) is 0 Å². The molecule has 0 aliphatic rings. The highest BCUT2D eigenvalue weighted by Gasteiger charge is 2.18. The van der Waals surface area contributed by atoms with Gasteiger partial charge in [-0.15, -0.1) is 11.8 Å². The van der Waals surface area contributed by atoms with Crippen LogP contribution in [0.4, 0.5) is 0 Å². The summed E-state index contributed by atoms with van der Waals surface area (Å²) in [6.07, 6.45) is 3.43. The summed E-state index contributed by atoms with van der Waals surface area (Å²) in [5.41, 5.74) is 0. The van der Waals surface area contributed by atoms with E-state index < -0.39 is 5.25 Å². The SMILES string of the molecule is CC.CCCCOCCNC(=O)C(CC=O)SCCC(C)=O.CNCCOCC(C)C. The second-order valence-corrected chi connectivity index (χ2v) is 8.35. The van der Waals surface area contributed by atoms with Crippen molar-refractivity contribution in [2.45, 2.75) is 72.5 Å². The van der Waals surface area contributed by atoms with Gasteiger partial charge in [-0.2, -0.15) is 0 Å². The molecule has 1 unspecified atom stereocenters. The lowest BCUT2D eigenvalue weighted by molar-refractivity contribution is -0.122. The van der Waals surface area contributed by atoms with E-state index in [1.54, 1.807) is 0 Å². The van der Waals surface area contributed by atoms with Gasteiger partial charge in [0.15, 0.2) is 0 Å². The van der Waals surface area contributed by atoms with Crippen molar-refractivity contribution in [3.8, 4) is 0 Å². The molecule has 0 spiro atoms. The third-order valence-corrected chi connectivity index (χ3v) is 4.76. The summed E-state index contributed by atoms with van der Waals surface area (Å²) < 4.78 is 10.6. The number of hydrogen-bond donors (Lipinski definition) is 2. The molecule has 0 aliphatic carbocycles. The number of hydrogen-bond acceptors (Lipinski definition) is 7. The minimum atomic E-state index is -0.414. The highest BCUT2D eigenvalue weighted by atomic mass is 32.2. The van der Waals surface area contributed by atoms with Gasteiger partial charge < -0.3 is 24.9 Å². The van der Waals surface area contributed by atoms with Gasteiger partial charge >= 0.3 is 0 Å². The Balaban J connectivity index is -0.000000595. The van der Waals surface area contributed by atoms with Gasteiger partial charge in [-0.05, 0) is 26.3 Å². The van der Waals surface area contributed by atoms with E-state index in [9.17, 15) is 14.4 Å². The van der Waals surface area contributed by atoms with Gasteiger partial charge in [0.25, 0.3) is 0 Å². The number of thioether (sulfide) groups is 1. The van der Waals surface area contributed by atoms with E-state index >= 15 is 0 Å². The summed E-state index contributed by atoms with van der Waals surface area (Å²) in [6.45, 7) is 16.2. The van der Waals surface area contributed by atoms with Gasteiger partial charge in [0.1, 0.15) is 12.1 Å². The number of amides is 1. The van der Waals surface area contributed by atoms with Gasteiger partial charge in [-0.25, -0.2) is 0 Å². The molecule has 0 radical (unpaired) electrons. The normalized spacial score (nSPS) is 11.0. The van der Waals surface area contributed by atoms with E-state index in [2.05, 4.69) is 31.4 Å². The number of unbranched alkanes of at least 4 members (excludes halogenated alkanes) is 1. The maximum Gasteiger partial charge on any atom is 0.233 e. The van der Waals surface area contributed by atoms with Crippen molar-refractivity contribution in [1.82, 2.24) is 10.6 Å². The molecule has 8 heteroatoms. The molecule has 1 atom stereocenters. The van der Waals surface area contributed by atoms with Crippen LogP contribution in [0, 0.1) is 5.92 Å². The van der Waals surface area contributed by atoms with Crippen molar-refractivity contribution in [2.24, 2.45) is 5.92 Å². The molecule has 0 fully saturated rings. The molecular formula is C23H48N2O5S. The van der Waals surface area contributed by atoms with Crippen LogP contribution in [0.5, 0.6) is 0 Å². The van der Waals surface area contributed by atoms with Crippen LogP contribution in [0.1, 0.15) is 67.2 Å². The Hall–Kier alpha value is -0.960. The summed E-state index contributed by atoms with van der Waals surface area (Å²) in [6, 6.07) is 0. The van der Waals surface area contributed by atoms with Crippen LogP contribution < -0.4 is 10.6 Å². The summed E-state index contributed by atoms with van der Waals surface area (Å²) >= 11 is 1.35. The molecule has 0 rings (SSSR count). The van der Waals surface area contributed by atoms with E-state index in [0.29, 0.717) is 37.9 Å². The monoisotopic (exact) mass is 464 g/mol. The van der Waals surface area contributed by atoms with Gasteiger partial charge in [0, 0.05) is 44.9 Å². The second kappa shape index (κ2) is 29.0. The summed E-state index contributed by atoms with van der Waals surface area (Å²) in [5, 5.41) is 5.36. The Labute approximate surface area is 195 Å². The zero-order chi connectivity index (χ0) is 24.3. The van der Waals surface area contributed by atoms with Crippen molar-refractivity contribution < 1.29 is 23.9 Å². The largest absolute Gasteiger partial charge is 0.380 e. The lowest BCUT2D eigenvalue weighted by Crippen LogP contribution is -2.35. The first-order valence-electron chi connectivity index (χ1n) is 11.5. The highest BCUT2D eigenvalue weighted by Crippen LogP contribution is 2.15. The summed E-state index contributed by atoms with van der Waals surface area (Å²) in [5.74, 6) is 1.15. The third kappa shape index (κ3) is 31.3. The zero-order valence-corrected chi connectivity index (χ0v) is 21.8. The standard InChI is InChI=1S/C14H25NO4S.C7H17NO.C2H6/c1-3-4-9-19-10-7-15-14(18)13(5-8-16)20-11-6-12(2)17;1-7(2)6-9-5-4-8-3;1-2/h8,13H,3-7,9-11H2,1-2H3,(H,15,18);7-8H,4-6H2,1-3H3;1-2H3. The molecule has 0 bridgehead atoms. The zero-order valence-electron chi connectivity index (χ0n) is 21.0. The number of carbonyl (C=O) groups excluding carboxylic acids is 3. The average molecular weight is 465 g/mol. The van der Waals surface area contributed by atoms with Crippen LogP contribution >= 0.6 is 11.8 Å². The number of carbonyl (C=O) groups is 3. The fourth-order valence-corrected chi connectivity index (χ4v) is 3.02. The van der Waals surface area contributed by atoms with Gasteiger partial charge in [-0.3, -0.25) is 9.59 Å². The minimum absolute atomic E-state index is 0.0899. The molecular weight excluding hydrogens is 416 g/mol. The number of ketones is 1. The first-order valence-corrected chi connectivity index (χ1v) is 12.6. The number of ether oxygens (including phenoxy) is 2. The molecule has 0 aromatic heterocycles. The first-order chi connectivity index (χ1) is 14.9. The molecule has 0 saturated carbocycles. The fraction of sp³-hybridized carbons (Fsp3) is 0.870. The van der Waals surface area contributed by atoms with Gasteiger partial charge in [-0.1, -0.05) is 41.0 Å². The Morgan fingerprint density at radius 3 is 2.23 bits per heavy atom. The van der Waals surface area contributed by atoms with E-state index in [-0.39, 0.29) is 18.1 Å². The number of rotatable bonds is 18. The van der Waals surface area contributed by atoms with Crippen LogP contribution in [-0.2, 0) is 23.9 Å². The maximum atomic E-state index is 11.9. The Morgan fingerprint density at radius 2 is 1.71 bits per heavy atom. The van der Waals surface area contributed by atoms with Gasteiger partial charge in [0.2, 0.25) is 5.91 Å². The average Bonchev–Trinajstić information content (AvgIpc) is 2.74. The van der Waals surface area contributed by atoms with Crippen molar-refractivity contribution in [3.05, 3.63) is 0 Å². The topological polar surface area (TPSA) is 93.7 Å². The molecule has 0 saturated heterocycles. The van der Waals surface area contributed by atoms with Crippen LogP contribution in [0.3, 0.4) is 0 Å². The predicted octanol–water partition coefficient (Wildman–Crippen LogP) is 3.49. The second-order valence-electron chi connectivity index (χ2n) is 7.04. The number of likely N-dealkylation sites (N-methyl/N-ethyl adjacent to an activating group) is 1. The van der Waals surface area contributed by atoms with Crippen LogP contribution in [0.15, 0.2) is 0 Å². The maximum absolute atomic E-state index is 11.9. The molecule has 0 aliphatic heterocycles. The van der Waals surface area contributed by atoms with E-state index in [1.807, 2.05) is 20.9 Å². The molecule has 186 valence electrons. The molecule has 1 amide bonds. The molecule has 31 heavy (non-hydrogen) atoms. The van der Waals surface area contributed by atoms with Crippen molar-refractivity contribution >= 4 is 29.7 Å². The summed E-state index contributed by atoms with van der Waals surface area (Å²) in [7, 11) is 1.93. The van der Waals surface area contributed by atoms with Crippen molar-refractivity contribution in [2.75, 3.05) is 52.3 Å². The van der Waals surface area contributed by atoms with Gasteiger partial charge in [0.05, 0.1) is 18.5 Å². The van der Waals surface area contributed by atoms with Crippen LogP contribution in [-0.4, -0.2) is 75.5 Å². The van der Waals surface area contributed by atoms with E-state index in [1.165, 1.54) is 18.7 Å². The van der Waals surface area contributed by atoms with E-state index in [0.717, 1.165) is 38.9 Å². The summed E-state index contributed by atoms with van der Waals surface area (Å²) in [4.78, 5) is 33.3. The Bertz CT molecular complexity index is 409. The third-order valence-electron chi connectivity index (χ3n) is 3.51. The number of nitrogens with one attached hydrogen (secondary N) is 2. The highest BCUT2D eigenvalue weighted by molar-refractivity contribution is 8.00. The molecule has 0 aromatic carbocycles. The first kappa shape index (κ1) is 34.6. The molecule has 0 aromatic rings. The van der Waals surface area contributed by atoms with Crippen LogP contribution in [0.2, 0.25) is 0 Å². The van der Waals surface area contributed by atoms with Crippen molar-refractivity contribution in [1.29, 1.82) is 0 Å². The van der Waals surface area contributed by atoms with Crippen LogP contribution in [0.25, 0.3) is 0 Å². The smallest absolute Gasteiger partial charge is 0.233 e. The fourth-order valence-electron chi connectivity index (χ4n) is 1.89. The number of aldehydes is 1. The molecule has 2 N–H and O–H groups in total. The predicted molar refractivity (Wildman–Crippen MR) is 132 cm³/mol. The lowest BCUT2D eigenvalue weighted by Gasteiger charge is -2.14. The minimum Gasteiger partial charge on any atom is -0.380 e. The molecule has 0 heterocycles. The Morgan fingerprint density at radius 1 is 1.06 bits per heavy atom. The van der Waals surface area contributed by atoms with E-state index in [4.69, 9.17) is 9.47 Å². The Kier molecular flexibility index (Phi) is 32.5. The lowest BCUT2D eigenvalue weighted by atomic mass is 10.2. The quantitative estimate of drug-likeness (QED) is 0.237. The number of Topliss-reactive ketones (excluding diaryl/α,β-unsaturated/α-hetero) is 1. The molecule has 7 nitrogen and oxygen atoms in total.